The number of likely N-dealkylation sites (tertiary alicyclic amines) is 1. The first-order valence-electron chi connectivity index (χ1n) is 11.9. The number of aromatic nitrogens is 2. The van der Waals surface area contributed by atoms with Crippen LogP contribution in [0.2, 0.25) is 0 Å². The second-order valence-electron chi connectivity index (χ2n) is 10.4. The highest BCUT2D eigenvalue weighted by molar-refractivity contribution is 6.04. The SMILES string of the molecule is CO[C@H]1[C@@H](C(=O)C[C@@H]2CCCC(C)(C)C2)N(C(=O)Cn2nc(C(N)=O)c3ccccc32)C[C@@H]1F. The van der Waals surface area contributed by atoms with Crippen molar-refractivity contribution in [1.82, 2.24) is 14.7 Å². The Morgan fingerprint density at radius 1 is 1.26 bits per heavy atom. The number of carbonyl (C=O) groups excluding carboxylic acids is 3. The number of halogens is 1. The lowest BCUT2D eigenvalue weighted by Gasteiger charge is -2.36. The predicted octanol–water partition coefficient (Wildman–Crippen LogP) is 2.87. The van der Waals surface area contributed by atoms with E-state index in [1.807, 2.05) is 0 Å². The van der Waals surface area contributed by atoms with Gasteiger partial charge in [0, 0.05) is 18.9 Å². The molecule has 1 saturated carbocycles. The van der Waals surface area contributed by atoms with Crippen molar-refractivity contribution in [3.05, 3.63) is 30.0 Å². The maximum atomic E-state index is 14.9. The van der Waals surface area contributed by atoms with Crippen molar-refractivity contribution in [2.24, 2.45) is 17.1 Å². The Balaban J connectivity index is 1.56. The molecule has 9 heteroatoms. The van der Waals surface area contributed by atoms with Crippen molar-refractivity contribution in [2.75, 3.05) is 13.7 Å². The first kappa shape index (κ1) is 24.3. The molecule has 2 heterocycles. The Labute approximate surface area is 198 Å². The second-order valence-corrected chi connectivity index (χ2v) is 10.4. The average molecular weight is 473 g/mol. The highest BCUT2D eigenvalue weighted by Gasteiger charge is 2.49. The van der Waals surface area contributed by atoms with E-state index in [0.717, 1.165) is 25.7 Å². The van der Waals surface area contributed by atoms with E-state index in [-0.39, 0.29) is 35.9 Å². The van der Waals surface area contributed by atoms with E-state index in [1.54, 1.807) is 24.3 Å². The number of amides is 2. The van der Waals surface area contributed by atoms with Gasteiger partial charge >= 0.3 is 0 Å². The third-order valence-corrected chi connectivity index (χ3v) is 7.27. The molecule has 1 saturated heterocycles. The summed E-state index contributed by atoms with van der Waals surface area (Å²) < 4.78 is 21.6. The molecule has 4 atom stereocenters. The lowest BCUT2D eigenvalue weighted by Crippen LogP contribution is -2.47. The molecule has 2 amide bonds. The highest BCUT2D eigenvalue weighted by Crippen LogP contribution is 2.40. The monoisotopic (exact) mass is 472 g/mol. The van der Waals surface area contributed by atoms with Crippen molar-refractivity contribution >= 4 is 28.5 Å². The smallest absolute Gasteiger partial charge is 0.269 e. The fourth-order valence-electron chi connectivity index (χ4n) is 5.75. The number of para-hydroxylation sites is 1. The zero-order chi connectivity index (χ0) is 24.6. The highest BCUT2D eigenvalue weighted by atomic mass is 19.1. The van der Waals surface area contributed by atoms with Gasteiger partial charge in [0.1, 0.15) is 24.9 Å². The average Bonchev–Trinajstić information content (AvgIpc) is 3.31. The predicted molar refractivity (Wildman–Crippen MR) is 125 cm³/mol. The van der Waals surface area contributed by atoms with Crippen molar-refractivity contribution in [1.29, 1.82) is 0 Å². The molecule has 0 bridgehead atoms. The molecular weight excluding hydrogens is 439 g/mol. The van der Waals surface area contributed by atoms with Gasteiger partial charge in [0.05, 0.1) is 12.1 Å². The van der Waals surface area contributed by atoms with E-state index >= 15 is 0 Å². The third-order valence-electron chi connectivity index (χ3n) is 7.27. The molecule has 2 N–H and O–H groups in total. The van der Waals surface area contributed by atoms with Gasteiger partial charge in [-0.1, -0.05) is 38.5 Å². The number of primary amides is 1. The van der Waals surface area contributed by atoms with Crippen LogP contribution in [0.5, 0.6) is 0 Å². The lowest BCUT2D eigenvalue weighted by atomic mass is 9.70. The molecule has 2 aromatic rings. The Morgan fingerprint density at radius 2 is 2.00 bits per heavy atom. The number of nitrogens with two attached hydrogens (primary N) is 1. The molecule has 184 valence electrons. The molecule has 4 rings (SSSR count). The lowest BCUT2D eigenvalue weighted by molar-refractivity contribution is -0.141. The van der Waals surface area contributed by atoms with E-state index in [0.29, 0.717) is 17.3 Å². The van der Waals surface area contributed by atoms with Crippen molar-refractivity contribution < 1.29 is 23.5 Å². The van der Waals surface area contributed by atoms with Gasteiger partial charge in [0.25, 0.3) is 5.91 Å². The van der Waals surface area contributed by atoms with E-state index < -0.39 is 30.1 Å². The summed E-state index contributed by atoms with van der Waals surface area (Å²) in [5, 5.41) is 4.76. The molecule has 34 heavy (non-hydrogen) atoms. The summed E-state index contributed by atoms with van der Waals surface area (Å²) in [5.74, 6) is -1.09. The molecule has 1 aliphatic carbocycles. The van der Waals surface area contributed by atoms with Gasteiger partial charge in [-0.05, 0) is 36.7 Å². The van der Waals surface area contributed by atoms with Crippen LogP contribution < -0.4 is 5.73 Å². The molecule has 1 aliphatic heterocycles. The van der Waals surface area contributed by atoms with E-state index in [1.165, 1.54) is 16.7 Å². The maximum absolute atomic E-state index is 14.9. The summed E-state index contributed by atoms with van der Waals surface area (Å²) >= 11 is 0. The summed E-state index contributed by atoms with van der Waals surface area (Å²) in [6.45, 7) is 3.96. The van der Waals surface area contributed by atoms with Crippen LogP contribution in [0.1, 0.15) is 56.4 Å². The van der Waals surface area contributed by atoms with E-state index in [9.17, 15) is 18.8 Å². The first-order chi connectivity index (χ1) is 16.1. The van der Waals surface area contributed by atoms with Gasteiger partial charge in [-0.25, -0.2) is 4.39 Å². The Hall–Kier alpha value is -2.81. The minimum atomic E-state index is -1.46. The Morgan fingerprint density at radius 3 is 2.68 bits per heavy atom. The number of ketones is 1. The van der Waals surface area contributed by atoms with Crippen LogP contribution in [0.15, 0.2) is 24.3 Å². The van der Waals surface area contributed by atoms with E-state index in [4.69, 9.17) is 10.5 Å². The van der Waals surface area contributed by atoms with Gasteiger partial charge in [-0.15, -0.1) is 0 Å². The fourth-order valence-corrected chi connectivity index (χ4v) is 5.75. The number of carbonyl (C=O) groups is 3. The summed E-state index contributed by atoms with van der Waals surface area (Å²) in [5.41, 5.74) is 6.26. The van der Waals surface area contributed by atoms with Crippen LogP contribution in [-0.4, -0.2) is 64.3 Å². The molecular formula is C25H33FN4O4. The Bertz CT molecular complexity index is 1100. The van der Waals surface area contributed by atoms with Crippen molar-refractivity contribution in [2.45, 2.75) is 70.8 Å². The minimum absolute atomic E-state index is 0.0653. The standard InChI is InChI=1S/C25H33FN4O4/c1-25(2)10-6-7-15(12-25)11-19(31)22-23(34-3)17(26)13-29(22)20(32)14-30-18-9-5-4-8-16(18)21(28-30)24(27)33/h4-5,8-9,15,17,22-23H,6-7,10-14H2,1-3H3,(H2,27,33)/t15-,17-,22+,23+/m0/s1. The maximum Gasteiger partial charge on any atom is 0.269 e. The zero-order valence-electron chi connectivity index (χ0n) is 20.0. The van der Waals surface area contributed by atoms with Gasteiger partial charge in [-0.2, -0.15) is 5.10 Å². The number of Topliss-reactive ketones (excluding diaryl/α,β-unsaturated/α-hetero) is 1. The number of benzene rings is 1. The van der Waals surface area contributed by atoms with Crippen molar-refractivity contribution in [3.8, 4) is 0 Å². The second kappa shape index (κ2) is 9.44. The number of fused-ring (bicyclic) bond motifs is 1. The number of methoxy groups -OCH3 is 1. The fraction of sp³-hybridized carbons (Fsp3) is 0.600. The number of hydrogen-bond donors (Lipinski definition) is 1. The normalized spacial score (nSPS) is 26.6. The molecule has 2 fully saturated rings. The molecule has 2 aliphatic rings. The third kappa shape index (κ3) is 4.71. The van der Waals surface area contributed by atoms with Gasteiger partial charge in [0.2, 0.25) is 5.91 Å². The largest absolute Gasteiger partial charge is 0.376 e. The van der Waals surface area contributed by atoms with Gasteiger partial charge in [-0.3, -0.25) is 19.1 Å². The molecule has 0 spiro atoms. The van der Waals surface area contributed by atoms with Crippen LogP contribution >= 0.6 is 0 Å². The zero-order valence-corrected chi connectivity index (χ0v) is 20.0. The Kier molecular flexibility index (Phi) is 6.75. The number of nitrogens with zero attached hydrogens (tertiary/aromatic N) is 3. The molecule has 8 nitrogen and oxygen atoms in total. The van der Waals surface area contributed by atoms with Crippen molar-refractivity contribution in [3.63, 3.8) is 0 Å². The molecule has 0 unspecified atom stereocenters. The number of ether oxygens (including phenoxy) is 1. The summed E-state index contributed by atoms with van der Waals surface area (Å²) in [7, 11) is 1.37. The summed E-state index contributed by atoms with van der Waals surface area (Å²) in [6.07, 6.45) is 1.94. The number of hydrogen-bond acceptors (Lipinski definition) is 5. The van der Waals surface area contributed by atoms with Crippen LogP contribution in [0.3, 0.4) is 0 Å². The van der Waals surface area contributed by atoms with Crippen LogP contribution in [0, 0.1) is 11.3 Å². The van der Waals surface area contributed by atoms with E-state index in [2.05, 4.69) is 18.9 Å². The number of alkyl halides is 1. The first-order valence-corrected chi connectivity index (χ1v) is 11.9. The molecule has 0 radical (unpaired) electrons. The summed E-state index contributed by atoms with van der Waals surface area (Å²) in [6, 6.07) is 5.98. The minimum Gasteiger partial charge on any atom is -0.376 e. The number of rotatable bonds is 7. The quantitative estimate of drug-likeness (QED) is 0.667. The van der Waals surface area contributed by atoms with Crippen LogP contribution in [0.25, 0.3) is 10.9 Å². The molecule has 1 aromatic carbocycles. The van der Waals surface area contributed by atoms with Crippen LogP contribution in [0.4, 0.5) is 4.39 Å². The van der Waals surface area contributed by atoms with Gasteiger partial charge < -0.3 is 15.4 Å². The summed E-state index contributed by atoms with van der Waals surface area (Å²) in [4.78, 5) is 39.8. The topological polar surface area (TPSA) is 108 Å². The molecule has 1 aromatic heterocycles. The van der Waals surface area contributed by atoms with Crippen LogP contribution in [-0.2, 0) is 20.9 Å². The van der Waals surface area contributed by atoms with Gasteiger partial charge in [0.15, 0.2) is 11.5 Å².